The Morgan fingerprint density at radius 2 is 1.81 bits per heavy atom. The first-order valence-corrected chi connectivity index (χ1v) is 9.82. The Labute approximate surface area is 155 Å². The van der Waals surface area contributed by atoms with Crippen LogP contribution in [-0.2, 0) is 15.0 Å². The zero-order valence-electron chi connectivity index (χ0n) is 15.6. The minimum absolute atomic E-state index is 0.143. The number of ether oxygens (including phenoxy) is 1. The van der Waals surface area contributed by atoms with Gasteiger partial charge in [-0.05, 0) is 49.8 Å². The molecule has 0 radical (unpaired) electrons. The van der Waals surface area contributed by atoms with Crippen LogP contribution in [0.4, 0.5) is 0 Å². The molecule has 1 spiro atoms. The van der Waals surface area contributed by atoms with Gasteiger partial charge in [0.25, 0.3) is 0 Å². The van der Waals surface area contributed by atoms with Crippen molar-refractivity contribution in [2.75, 3.05) is 26.7 Å². The van der Waals surface area contributed by atoms with Crippen LogP contribution in [0.5, 0.6) is 5.75 Å². The van der Waals surface area contributed by atoms with Crippen molar-refractivity contribution in [1.29, 1.82) is 0 Å². The van der Waals surface area contributed by atoms with Gasteiger partial charge in [0, 0.05) is 19.6 Å². The molecule has 1 aliphatic carbocycles. The van der Waals surface area contributed by atoms with E-state index in [1.54, 1.807) is 7.11 Å². The lowest BCUT2D eigenvalue weighted by Gasteiger charge is -2.35. The Morgan fingerprint density at radius 3 is 2.46 bits per heavy atom. The number of likely N-dealkylation sites (tertiary alicyclic amines) is 1. The average Bonchev–Trinajstić information content (AvgIpc) is 3.33. The molecule has 0 bridgehead atoms. The molecule has 3 aliphatic rings. The second kappa shape index (κ2) is 6.60. The van der Waals surface area contributed by atoms with E-state index >= 15 is 0 Å². The van der Waals surface area contributed by atoms with E-state index < -0.39 is 5.41 Å². The van der Waals surface area contributed by atoms with Gasteiger partial charge in [-0.1, -0.05) is 25.0 Å². The molecule has 5 nitrogen and oxygen atoms in total. The molecule has 5 heteroatoms. The second-order valence-electron chi connectivity index (χ2n) is 8.13. The Hall–Kier alpha value is -2.04. The quantitative estimate of drug-likeness (QED) is 0.906. The molecule has 1 N–H and O–H groups in total. The molecule has 2 aliphatic heterocycles. The van der Waals surface area contributed by atoms with Crippen LogP contribution >= 0.6 is 0 Å². The smallest absolute Gasteiger partial charge is 0.233 e. The largest absolute Gasteiger partial charge is 0.497 e. The van der Waals surface area contributed by atoms with Crippen molar-refractivity contribution < 1.29 is 14.3 Å². The zero-order chi connectivity index (χ0) is 18.2. The summed E-state index contributed by atoms with van der Waals surface area (Å²) >= 11 is 0. The van der Waals surface area contributed by atoms with Gasteiger partial charge in [-0.2, -0.15) is 0 Å². The average molecular weight is 356 g/mol. The van der Waals surface area contributed by atoms with E-state index in [9.17, 15) is 9.59 Å². The van der Waals surface area contributed by atoms with E-state index in [0.717, 1.165) is 62.8 Å². The summed E-state index contributed by atoms with van der Waals surface area (Å²) in [5.41, 5.74) is 0.311. The predicted octanol–water partition coefficient (Wildman–Crippen LogP) is 2.64. The molecule has 2 saturated heterocycles. The molecule has 1 aromatic rings. The van der Waals surface area contributed by atoms with Gasteiger partial charge in [0.2, 0.25) is 11.8 Å². The minimum Gasteiger partial charge on any atom is -0.497 e. The van der Waals surface area contributed by atoms with Gasteiger partial charge in [-0.15, -0.1) is 0 Å². The van der Waals surface area contributed by atoms with Crippen LogP contribution in [-0.4, -0.2) is 43.5 Å². The minimum atomic E-state index is -0.428. The lowest BCUT2D eigenvalue weighted by Crippen LogP contribution is -2.50. The standard InChI is InChI=1S/C21H28N2O3/c1-26-17-7-5-16(6-8-17)21(10-2-3-11-21)19(25)23-14-12-20(15-23)9-4-13-22-18(20)24/h5-8H,2-4,9-15H2,1H3,(H,22,24). The normalized spacial score (nSPS) is 27.6. The van der Waals surface area contributed by atoms with Crippen molar-refractivity contribution in [3.05, 3.63) is 29.8 Å². The van der Waals surface area contributed by atoms with E-state index in [1.807, 2.05) is 29.2 Å². The third-order valence-corrected chi connectivity index (χ3v) is 6.75. The molecule has 3 fully saturated rings. The molecular weight excluding hydrogens is 328 g/mol. The monoisotopic (exact) mass is 356 g/mol. The highest BCUT2D eigenvalue weighted by molar-refractivity contribution is 5.91. The third kappa shape index (κ3) is 2.68. The Balaban J connectivity index is 1.59. The summed E-state index contributed by atoms with van der Waals surface area (Å²) in [6.45, 7) is 2.05. The molecule has 4 rings (SSSR count). The van der Waals surface area contributed by atoms with Crippen LogP contribution in [0.3, 0.4) is 0 Å². The number of carbonyl (C=O) groups excluding carboxylic acids is 2. The summed E-state index contributed by atoms with van der Waals surface area (Å²) in [5, 5.41) is 3.01. The van der Waals surface area contributed by atoms with Gasteiger partial charge in [-0.3, -0.25) is 9.59 Å². The van der Waals surface area contributed by atoms with Crippen LogP contribution in [0.2, 0.25) is 0 Å². The zero-order valence-corrected chi connectivity index (χ0v) is 15.6. The molecule has 0 aromatic heterocycles. The van der Waals surface area contributed by atoms with Crippen molar-refractivity contribution >= 4 is 11.8 Å². The van der Waals surface area contributed by atoms with Crippen LogP contribution in [0.1, 0.15) is 50.5 Å². The summed E-state index contributed by atoms with van der Waals surface area (Å²) < 4.78 is 5.27. The summed E-state index contributed by atoms with van der Waals surface area (Å²) in [7, 11) is 1.66. The molecule has 1 atom stereocenters. The number of rotatable bonds is 3. The highest BCUT2D eigenvalue weighted by atomic mass is 16.5. The van der Waals surface area contributed by atoms with Gasteiger partial charge < -0.3 is 15.0 Å². The summed E-state index contributed by atoms with van der Waals surface area (Å²) in [6, 6.07) is 7.98. The van der Waals surface area contributed by atoms with Crippen molar-refractivity contribution in [2.24, 2.45) is 5.41 Å². The Kier molecular flexibility index (Phi) is 4.41. The first-order valence-electron chi connectivity index (χ1n) is 9.82. The number of benzene rings is 1. The van der Waals surface area contributed by atoms with Gasteiger partial charge >= 0.3 is 0 Å². The molecule has 140 valence electrons. The van der Waals surface area contributed by atoms with Crippen LogP contribution in [0.25, 0.3) is 0 Å². The Bertz CT molecular complexity index is 694. The van der Waals surface area contributed by atoms with Crippen LogP contribution < -0.4 is 10.1 Å². The van der Waals surface area contributed by atoms with Gasteiger partial charge in [0.1, 0.15) is 5.75 Å². The molecule has 1 aromatic carbocycles. The summed E-state index contributed by atoms with van der Waals surface area (Å²) in [5.74, 6) is 1.17. The van der Waals surface area contributed by atoms with Crippen molar-refractivity contribution in [3.63, 3.8) is 0 Å². The van der Waals surface area contributed by atoms with Gasteiger partial charge in [0.05, 0.1) is 17.9 Å². The van der Waals surface area contributed by atoms with E-state index in [4.69, 9.17) is 4.74 Å². The summed E-state index contributed by atoms with van der Waals surface area (Å²) in [4.78, 5) is 28.1. The summed E-state index contributed by atoms with van der Waals surface area (Å²) in [6.07, 6.45) is 6.66. The fraction of sp³-hybridized carbons (Fsp3) is 0.619. The molecule has 1 saturated carbocycles. The number of amides is 2. The predicted molar refractivity (Wildman–Crippen MR) is 99.0 cm³/mol. The number of nitrogens with zero attached hydrogens (tertiary/aromatic N) is 1. The van der Waals surface area contributed by atoms with Crippen molar-refractivity contribution in [2.45, 2.75) is 50.4 Å². The number of nitrogens with one attached hydrogen (secondary N) is 1. The highest BCUT2D eigenvalue weighted by Crippen LogP contribution is 2.46. The molecular formula is C21H28N2O3. The van der Waals surface area contributed by atoms with E-state index in [1.165, 1.54) is 0 Å². The van der Waals surface area contributed by atoms with Crippen LogP contribution in [0.15, 0.2) is 24.3 Å². The number of hydrogen-bond acceptors (Lipinski definition) is 3. The van der Waals surface area contributed by atoms with E-state index in [2.05, 4.69) is 5.32 Å². The lowest BCUT2D eigenvalue weighted by molar-refractivity contribution is -0.138. The lowest BCUT2D eigenvalue weighted by atomic mass is 9.77. The molecule has 2 amide bonds. The fourth-order valence-corrected chi connectivity index (χ4v) is 5.18. The molecule has 2 heterocycles. The maximum atomic E-state index is 13.6. The van der Waals surface area contributed by atoms with Crippen molar-refractivity contribution in [1.82, 2.24) is 10.2 Å². The molecule has 1 unspecified atom stereocenters. The maximum Gasteiger partial charge on any atom is 0.233 e. The van der Waals surface area contributed by atoms with Crippen LogP contribution in [0, 0.1) is 5.41 Å². The first kappa shape index (κ1) is 17.4. The number of hydrogen-bond donors (Lipinski definition) is 1. The van der Waals surface area contributed by atoms with Gasteiger partial charge in [-0.25, -0.2) is 0 Å². The SMILES string of the molecule is COc1ccc(C2(C(=O)N3CCC4(CCCNC4=O)C3)CCCC2)cc1. The van der Waals surface area contributed by atoms with E-state index in [-0.39, 0.29) is 17.2 Å². The first-order chi connectivity index (χ1) is 12.6. The fourth-order valence-electron chi connectivity index (χ4n) is 5.18. The number of methoxy groups -OCH3 is 1. The highest BCUT2D eigenvalue weighted by Gasteiger charge is 2.51. The third-order valence-electron chi connectivity index (χ3n) is 6.75. The second-order valence-corrected chi connectivity index (χ2v) is 8.13. The maximum absolute atomic E-state index is 13.6. The number of piperidine rings is 1. The molecule has 26 heavy (non-hydrogen) atoms. The van der Waals surface area contributed by atoms with Gasteiger partial charge in [0.15, 0.2) is 0 Å². The topological polar surface area (TPSA) is 58.6 Å². The van der Waals surface area contributed by atoms with Crippen molar-refractivity contribution in [3.8, 4) is 5.75 Å². The Morgan fingerprint density at radius 1 is 1.08 bits per heavy atom. The number of carbonyl (C=O) groups is 2. The van der Waals surface area contributed by atoms with E-state index in [0.29, 0.717) is 13.1 Å².